The van der Waals surface area contributed by atoms with Crippen molar-refractivity contribution >= 4 is 41.5 Å². The minimum absolute atomic E-state index is 0. The molecule has 1 heterocycles. The Morgan fingerprint density at radius 3 is 2.91 bits per heavy atom. The van der Waals surface area contributed by atoms with Crippen LogP contribution in [-0.4, -0.2) is 36.6 Å². The summed E-state index contributed by atoms with van der Waals surface area (Å²) < 4.78 is 5.79. The first-order valence-electron chi connectivity index (χ1n) is 7.52. The molecule has 0 radical (unpaired) electrons. The van der Waals surface area contributed by atoms with E-state index in [0.29, 0.717) is 29.2 Å². The second-order valence-electron chi connectivity index (χ2n) is 5.75. The van der Waals surface area contributed by atoms with Crippen LogP contribution in [0.4, 0.5) is 0 Å². The van der Waals surface area contributed by atoms with Gasteiger partial charge in [0.2, 0.25) is 0 Å². The lowest BCUT2D eigenvalue weighted by Gasteiger charge is -2.31. The van der Waals surface area contributed by atoms with Gasteiger partial charge in [-0.25, -0.2) is 4.99 Å². The zero-order valence-corrected chi connectivity index (χ0v) is 16.3. The number of aliphatic imine (C=N–C) groups is 1. The van der Waals surface area contributed by atoms with E-state index in [2.05, 4.69) is 16.8 Å². The standard InChI is InChI=1S/C16H24ClN3O.HI/c1-12-6-5-9-20(11-12)16(18)19-10-13(2)21-15-8-4-3-7-14(15)17;/h3-4,7-8,12-13H,5-6,9-11H2,1-2H3,(H2,18,19);1H. The molecule has 1 aliphatic heterocycles. The molecule has 2 N–H and O–H groups in total. The highest BCUT2D eigenvalue weighted by Crippen LogP contribution is 2.24. The van der Waals surface area contributed by atoms with Crippen molar-refractivity contribution in [3.05, 3.63) is 29.3 Å². The maximum atomic E-state index is 6.08. The zero-order chi connectivity index (χ0) is 15.2. The molecule has 1 fully saturated rings. The number of nitrogens with zero attached hydrogens (tertiary/aromatic N) is 2. The summed E-state index contributed by atoms with van der Waals surface area (Å²) in [6.45, 7) is 6.75. The average Bonchev–Trinajstić information content (AvgIpc) is 2.47. The van der Waals surface area contributed by atoms with Crippen LogP contribution in [0.25, 0.3) is 0 Å². The van der Waals surface area contributed by atoms with Crippen molar-refractivity contribution in [2.45, 2.75) is 32.8 Å². The summed E-state index contributed by atoms with van der Waals surface area (Å²) in [5, 5.41) is 0.617. The number of rotatable bonds is 4. The van der Waals surface area contributed by atoms with Gasteiger partial charge in [-0.05, 0) is 37.8 Å². The van der Waals surface area contributed by atoms with Gasteiger partial charge in [0.25, 0.3) is 0 Å². The number of benzene rings is 1. The highest BCUT2D eigenvalue weighted by molar-refractivity contribution is 14.0. The largest absolute Gasteiger partial charge is 0.487 e. The summed E-state index contributed by atoms with van der Waals surface area (Å²) in [6.07, 6.45) is 2.39. The predicted octanol–water partition coefficient (Wildman–Crippen LogP) is 3.77. The molecular weight excluding hydrogens is 413 g/mol. The zero-order valence-electron chi connectivity index (χ0n) is 13.2. The summed E-state index contributed by atoms with van der Waals surface area (Å²) in [5.41, 5.74) is 6.08. The Bertz CT molecular complexity index is 498. The van der Waals surface area contributed by atoms with E-state index in [1.54, 1.807) is 0 Å². The first-order valence-corrected chi connectivity index (χ1v) is 7.90. The van der Waals surface area contributed by atoms with E-state index in [0.717, 1.165) is 13.1 Å². The summed E-state index contributed by atoms with van der Waals surface area (Å²) in [7, 11) is 0. The molecule has 1 saturated heterocycles. The Morgan fingerprint density at radius 1 is 1.50 bits per heavy atom. The molecule has 1 aromatic carbocycles. The second kappa shape index (κ2) is 9.45. The minimum atomic E-state index is -0.0642. The summed E-state index contributed by atoms with van der Waals surface area (Å²) in [6, 6.07) is 7.46. The van der Waals surface area contributed by atoms with Gasteiger partial charge in [-0.1, -0.05) is 30.7 Å². The summed E-state index contributed by atoms with van der Waals surface area (Å²) in [4.78, 5) is 6.62. The van der Waals surface area contributed by atoms with Crippen molar-refractivity contribution in [2.24, 2.45) is 16.6 Å². The van der Waals surface area contributed by atoms with Gasteiger partial charge in [0.05, 0.1) is 11.6 Å². The molecule has 0 amide bonds. The minimum Gasteiger partial charge on any atom is -0.487 e. The fraction of sp³-hybridized carbons (Fsp3) is 0.562. The number of hydrogen-bond donors (Lipinski definition) is 1. The molecule has 124 valence electrons. The van der Waals surface area contributed by atoms with Crippen molar-refractivity contribution in [3.8, 4) is 5.75 Å². The number of ether oxygens (including phenoxy) is 1. The fourth-order valence-electron chi connectivity index (χ4n) is 2.51. The molecule has 6 heteroatoms. The van der Waals surface area contributed by atoms with Crippen LogP contribution in [0.5, 0.6) is 5.75 Å². The van der Waals surface area contributed by atoms with Crippen molar-refractivity contribution in [1.29, 1.82) is 0 Å². The van der Waals surface area contributed by atoms with Gasteiger partial charge in [-0.2, -0.15) is 0 Å². The lowest BCUT2D eigenvalue weighted by molar-refractivity contribution is 0.228. The van der Waals surface area contributed by atoms with Gasteiger partial charge in [0, 0.05) is 13.1 Å². The van der Waals surface area contributed by atoms with Gasteiger partial charge in [0.1, 0.15) is 11.9 Å². The number of likely N-dealkylation sites (tertiary alicyclic amines) is 1. The van der Waals surface area contributed by atoms with E-state index < -0.39 is 0 Å². The molecule has 2 atom stereocenters. The molecule has 2 rings (SSSR count). The number of para-hydroxylation sites is 1. The molecular formula is C16H25ClIN3O. The normalized spacial score (nSPS) is 20.2. The Balaban J connectivity index is 0.00000242. The van der Waals surface area contributed by atoms with Crippen LogP contribution in [0.2, 0.25) is 5.02 Å². The first kappa shape index (κ1) is 19.4. The van der Waals surface area contributed by atoms with E-state index >= 15 is 0 Å². The monoisotopic (exact) mass is 437 g/mol. The van der Waals surface area contributed by atoms with Gasteiger partial charge in [-0.3, -0.25) is 0 Å². The first-order chi connectivity index (χ1) is 10.1. The van der Waals surface area contributed by atoms with Crippen LogP contribution in [0.1, 0.15) is 26.7 Å². The van der Waals surface area contributed by atoms with Crippen molar-refractivity contribution in [1.82, 2.24) is 4.90 Å². The number of piperidine rings is 1. The summed E-state index contributed by atoms with van der Waals surface area (Å²) in [5.74, 6) is 1.99. The summed E-state index contributed by atoms with van der Waals surface area (Å²) >= 11 is 6.08. The van der Waals surface area contributed by atoms with Crippen molar-refractivity contribution in [2.75, 3.05) is 19.6 Å². The third-order valence-corrected chi connectivity index (χ3v) is 3.97. The van der Waals surface area contributed by atoms with Gasteiger partial charge in [0.15, 0.2) is 5.96 Å². The topological polar surface area (TPSA) is 50.8 Å². The predicted molar refractivity (Wildman–Crippen MR) is 103 cm³/mol. The lowest BCUT2D eigenvalue weighted by Crippen LogP contribution is -2.43. The molecule has 22 heavy (non-hydrogen) atoms. The average molecular weight is 438 g/mol. The molecule has 1 aromatic rings. The molecule has 0 spiro atoms. The fourth-order valence-corrected chi connectivity index (χ4v) is 2.69. The van der Waals surface area contributed by atoms with Crippen LogP contribution < -0.4 is 10.5 Å². The van der Waals surface area contributed by atoms with E-state index in [9.17, 15) is 0 Å². The molecule has 4 nitrogen and oxygen atoms in total. The molecule has 0 aliphatic carbocycles. The number of nitrogens with two attached hydrogens (primary N) is 1. The van der Waals surface area contributed by atoms with E-state index in [1.165, 1.54) is 12.8 Å². The highest BCUT2D eigenvalue weighted by Gasteiger charge is 2.17. The van der Waals surface area contributed by atoms with Crippen LogP contribution in [0.3, 0.4) is 0 Å². The molecule has 0 saturated carbocycles. The second-order valence-corrected chi connectivity index (χ2v) is 6.16. The lowest BCUT2D eigenvalue weighted by atomic mass is 10.0. The maximum Gasteiger partial charge on any atom is 0.191 e. The van der Waals surface area contributed by atoms with Crippen LogP contribution in [0.15, 0.2) is 29.3 Å². The van der Waals surface area contributed by atoms with E-state index in [4.69, 9.17) is 22.1 Å². The van der Waals surface area contributed by atoms with Crippen LogP contribution in [0, 0.1) is 5.92 Å². The Labute approximate surface area is 155 Å². The SMILES string of the molecule is CC1CCCN(C(N)=NCC(C)Oc2ccccc2Cl)C1.I. The van der Waals surface area contributed by atoms with Gasteiger partial charge in [-0.15, -0.1) is 24.0 Å². The third kappa shape index (κ3) is 5.83. The van der Waals surface area contributed by atoms with Crippen molar-refractivity contribution in [3.63, 3.8) is 0 Å². The third-order valence-electron chi connectivity index (χ3n) is 3.66. The molecule has 0 aromatic heterocycles. The van der Waals surface area contributed by atoms with Crippen molar-refractivity contribution < 1.29 is 4.74 Å². The van der Waals surface area contributed by atoms with E-state index in [1.807, 2.05) is 31.2 Å². The smallest absolute Gasteiger partial charge is 0.191 e. The highest BCUT2D eigenvalue weighted by atomic mass is 127. The van der Waals surface area contributed by atoms with Gasteiger partial charge < -0.3 is 15.4 Å². The van der Waals surface area contributed by atoms with Crippen LogP contribution in [-0.2, 0) is 0 Å². The number of guanidine groups is 1. The Hall–Kier alpha value is -0.690. The Kier molecular flexibility index (Phi) is 8.31. The van der Waals surface area contributed by atoms with Gasteiger partial charge >= 0.3 is 0 Å². The number of halogens is 2. The Morgan fingerprint density at radius 2 is 2.23 bits per heavy atom. The van der Waals surface area contributed by atoms with Crippen LogP contribution >= 0.6 is 35.6 Å². The quantitative estimate of drug-likeness (QED) is 0.443. The number of hydrogen-bond acceptors (Lipinski definition) is 2. The molecule has 2 unspecified atom stereocenters. The molecule has 0 bridgehead atoms. The maximum absolute atomic E-state index is 6.08. The van der Waals surface area contributed by atoms with E-state index in [-0.39, 0.29) is 30.1 Å². The molecule has 1 aliphatic rings.